The van der Waals surface area contributed by atoms with Crippen LogP contribution in [0.5, 0.6) is 0 Å². The predicted octanol–water partition coefficient (Wildman–Crippen LogP) is 3.18. The Morgan fingerprint density at radius 1 is 1.33 bits per heavy atom. The molecule has 5 nitrogen and oxygen atoms in total. The first kappa shape index (κ1) is 17.0. The molecule has 6 heteroatoms. The van der Waals surface area contributed by atoms with E-state index in [9.17, 15) is 9.90 Å². The number of amides is 1. The van der Waals surface area contributed by atoms with Gasteiger partial charge in [0.1, 0.15) is 9.88 Å². The minimum absolute atomic E-state index is 0.0461. The molecule has 24 heavy (non-hydrogen) atoms. The van der Waals surface area contributed by atoms with Crippen molar-refractivity contribution >= 4 is 17.2 Å². The third-order valence-corrected chi connectivity index (χ3v) is 5.78. The predicted molar refractivity (Wildman–Crippen MR) is 95.0 cm³/mol. The van der Waals surface area contributed by atoms with Crippen LogP contribution in [0, 0.1) is 12.8 Å². The third-order valence-electron chi connectivity index (χ3n) is 4.60. The smallest absolute Gasteiger partial charge is 0.263 e. The van der Waals surface area contributed by atoms with E-state index in [1.807, 2.05) is 25.1 Å². The molecule has 2 heterocycles. The number of hydrogen-bond donors (Lipinski definition) is 2. The summed E-state index contributed by atoms with van der Waals surface area (Å²) >= 11 is 1.38. The minimum Gasteiger partial charge on any atom is -0.396 e. The zero-order valence-corrected chi connectivity index (χ0v) is 14.7. The van der Waals surface area contributed by atoms with E-state index >= 15 is 0 Å². The van der Waals surface area contributed by atoms with Gasteiger partial charge >= 0.3 is 0 Å². The molecule has 0 radical (unpaired) electrons. The molecule has 0 saturated heterocycles. The van der Waals surface area contributed by atoms with Gasteiger partial charge in [-0.25, -0.2) is 4.98 Å². The van der Waals surface area contributed by atoms with Crippen LogP contribution in [0.1, 0.15) is 47.5 Å². The average Bonchev–Trinajstić information content (AvgIpc) is 2.85. The molecular weight excluding hydrogens is 322 g/mol. The molecule has 1 aliphatic rings. The molecule has 1 saturated carbocycles. The number of nitrogens with one attached hydrogen (secondary N) is 1. The lowest BCUT2D eigenvalue weighted by molar-refractivity contribution is 0.0903. The molecule has 1 fully saturated rings. The van der Waals surface area contributed by atoms with E-state index in [0.717, 1.165) is 42.1 Å². The number of thiazole rings is 1. The van der Waals surface area contributed by atoms with E-state index in [-0.39, 0.29) is 24.5 Å². The zero-order chi connectivity index (χ0) is 16.9. The first-order chi connectivity index (χ1) is 11.7. The third kappa shape index (κ3) is 3.82. The van der Waals surface area contributed by atoms with E-state index in [1.54, 1.807) is 6.20 Å². The van der Waals surface area contributed by atoms with Gasteiger partial charge in [-0.15, -0.1) is 11.3 Å². The molecule has 0 aromatic carbocycles. The van der Waals surface area contributed by atoms with Gasteiger partial charge in [0.15, 0.2) is 0 Å². The number of aliphatic hydroxyl groups excluding tert-OH is 1. The maximum Gasteiger partial charge on any atom is 0.263 e. The second-order valence-corrected chi connectivity index (χ2v) is 7.31. The van der Waals surface area contributed by atoms with Crippen LogP contribution in [0.4, 0.5) is 0 Å². The summed E-state index contributed by atoms with van der Waals surface area (Å²) in [6.07, 6.45) is 7.03. The number of rotatable bonds is 4. The van der Waals surface area contributed by atoms with Crippen LogP contribution in [0.15, 0.2) is 24.4 Å². The summed E-state index contributed by atoms with van der Waals surface area (Å²) in [5, 5.41) is 13.5. The van der Waals surface area contributed by atoms with Crippen LogP contribution in [0.3, 0.4) is 0 Å². The summed E-state index contributed by atoms with van der Waals surface area (Å²) in [6.45, 7) is 1.99. The molecule has 1 amide bonds. The topological polar surface area (TPSA) is 75.1 Å². The lowest BCUT2D eigenvalue weighted by Gasteiger charge is -2.24. The summed E-state index contributed by atoms with van der Waals surface area (Å²) in [7, 11) is 0. The van der Waals surface area contributed by atoms with Crippen LogP contribution in [-0.4, -0.2) is 33.6 Å². The van der Waals surface area contributed by atoms with Crippen LogP contribution >= 0.6 is 11.3 Å². The zero-order valence-electron chi connectivity index (χ0n) is 13.9. The Hall–Kier alpha value is -1.79. The molecule has 2 atom stereocenters. The van der Waals surface area contributed by atoms with E-state index in [4.69, 9.17) is 0 Å². The van der Waals surface area contributed by atoms with Crippen molar-refractivity contribution in [1.82, 2.24) is 15.3 Å². The van der Waals surface area contributed by atoms with Crippen molar-refractivity contribution in [3.8, 4) is 10.7 Å². The van der Waals surface area contributed by atoms with E-state index in [2.05, 4.69) is 15.3 Å². The summed E-state index contributed by atoms with van der Waals surface area (Å²) in [4.78, 5) is 22.1. The largest absolute Gasteiger partial charge is 0.396 e. The highest BCUT2D eigenvalue weighted by molar-refractivity contribution is 7.17. The fourth-order valence-corrected chi connectivity index (χ4v) is 4.18. The average molecular weight is 345 g/mol. The van der Waals surface area contributed by atoms with Gasteiger partial charge in [-0.05, 0) is 31.9 Å². The Morgan fingerprint density at radius 2 is 2.17 bits per heavy atom. The summed E-state index contributed by atoms with van der Waals surface area (Å²) < 4.78 is 0. The van der Waals surface area contributed by atoms with Crippen molar-refractivity contribution in [1.29, 1.82) is 0 Å². The maximum atomic E-state index is 12.7. The Bertz CT molecular complexity index is 687. The molecule has 128 valence electrons. The van der Waals surface area contributed by atoms with Crippen molar-refractivity contribution in [2.45, 2.75) is 45.1 Å². The van der Waals surface area contributed by atoms with Gasteiger partial charge in [0.2, 0.25) is 0 Å². The molecule has 0 spiro atoms. The summed E-state index contributed by atoms with van der Waals surface area (Å²) in [6, 6.07) is 5.71. The SMILES string of the molecule is Cc1nc(-c2ccccn2)sc1C(=O)NC1CCCCCC1CO. The maximum absolute atomic E-state index is 12.7. The number of aromatic nitrogens is 2. The second-order valence-electron chi connectivity index (χ2n) is 6.31. The van der Waals surface area contributed by atoms with Gasteiger partial charge in [-0.3, -0.25) is 9.78 Å². The van der Waals surface area contributed by atoms with Crippen molar-refractivity contribution in [2.24, 2.45) is 5.92 Å². The molecule has 2 aromatic rings. The second kappa shape index (κ2) is 7.85. The molecule has 2 aromatic heterocycles. The molecular formula is C18H23N3O2S. The fourth-order valence-electron chi connectivity index (χ4n) is 3.23. The van der Waals surface area contributed by atoms with Gasteiger partial charge in [0.25, 0.3) is 5.91 Å². The van der Waals surface area contributed by atoms with Crippen LogP contribution in [0.25, 0.3) is 10.7 Å². The van der Waals surface area contributed by atoms with Crippen molar-refractivity contribution in [2.75, 3.05) is 6.61 Å². The highest BCUT2D eigenvalue weighted by Crippen LogP contribution is 2.28. The van der Waals surface area contributed by atoms with E-state index < -0.39 is 0 Å². The normalized spacial score (nSPS) is 21.2. The molecule has 1 aliphatic carbocycles. The molecule has 0 aliphatic heterocycles. The number of pyridine rings is 1. The van der Waals surface area contributed by atoms with Crippen molar-refractivity contribution in [3.63, 3.8) is 0 Å². The summed E-state index contributed by atoms with van der Waals surface area (Å²) in [5.74, 6) is 0.0671. The molecule has 0 bridgehead atoms. The lowest BCUT2D eigenvalue weighted by Crippen LogP contribution is -2.41. The molecule has 2 unspecified atom stereocenters. The lowest BCUT2D eigenvalue weighted by atomic mass is 9.95. The number of aryl methyl sites for hydroxylation is 1. The van der Waals surface area contributed by atoms with Crippen LogP contribution in [0.2, 0.25) is 0 Å². The van der Waals surface area contributed by atoms with Gasteiger partial charge < -0.3 is 10.4 Å². The quantitative estimate of drug-likeness (QED) is 0.835. The Balaban J connectivity index is 1.76. The highest BCUT2D eigenvalue weighted by Gasteiger charge is 2.26. The van der Waals surface area contributed by atoms with Gasteiger partial charge in [0.05, 0.1) is 11.4 Å². The number of carbonyl (C=O) groups is 1. The van der Waals surface area contributed by atoms with Crippen LogP contribution in [-0.2, 0) is 0 Å². The summed E-state index contributed by atoms with van der Waals surface area (Å²) in [5.41, 5.74) is 1.51. The Morgan fingerprint density at radius 3 is 2.92 bits per heavy atom. The monoisotopic (exact) mass is 345 g/mol. The standard InChI is InChI=1S/C18H23N3O2S/c1-12-16(24-18(20-12)15-9-5-6-10-19-15)17(23)21-14-8-4-2-3-7-13(14)11-22/h5-6,9-10,13-14,22H,2-4,7-8,11H2,1H3,(H,21,23). The number of aliphatic hydroxyl groups is 1. The molecule has 3 rings (SSSR count). The number of carbonyl (C=O) groups excluding carboxylic acids is 1. The number of nitrogens with zero attached hydrogens (tertiary/aromatic N) is 2. The van der Waals surface area contributed by atoms with Crippen molar-refractivity contribution < 1.29 is 9.90 Å². The van der Waals surface area contributed by atoms with E-state index in [0.29, 0.717) is 4.88 Å². The van der Waals surface area contributed by atoms with E-state index in [1.165, 1.54) is 17.8 Å². The molecule has 2 N–H and O–H groups in total. The van der Waals surface area contributed by atoms with Gasteiger partial charge in [0, 0.05) is 24.8 Å². The minimum atomic E-state index is -0.0856. The van der Waals surface area contributed by atoms with Crippen molar-refractivity contribution in [3.05, 3.63) is 35.0 Å². The van der Waals surface area contributed by atoms with Crippen LogP contribution < -0.4 is 5.32 Å². The first-order valence-corrected chi connectivity index (χ1v) is 9.31. The van der Waals surface area contributed by atoms with Gasteiger partial charge in [-0.2, -0.15) is 0 Å². The Labute approximate surface area is 146 Å². The highest BCUT2D eigenvalue weighted by atomic mass is 32.1. The first-order valence-electron chi connectivity index (χ1n) is 8.49. The fraction of sp³-hybridized carbons (Fsp3) is 0.500. The number of hydrogen-bond acceptors (Lipinski definition) is 5. The Kier molecular flexibility index (Phi) is 5.58. The van der Waals surface area contributed by atoms with Gasteiger partial charge in [-0.1, -0.05) is 25.3 Å².